The van der Waals surface area contributed by atoms with Crippen molar-refractivity contribution in [3.63, 3.8) is 0 Å². The van der Waals surface area contributed by atoms with Crippen LogP contribution in [-0.4, -0.2) is 18.1 Å². The van der Waals surface area contributed by atoms with Crippen molar-refractivity contribution < 1.29 is 4.39 Å². The third kappa shape index (κ3) is 1.57. The van der Waals surface area contributed by atoms with Gasteiger partial charge in [0.25, 0.3) is 0 Å². The number of hydrogen-bond donors (Lipinski definition) is 1. The fourth-order valence-electron chi connectivity index (χ4n) is 1.85. The van der Waals surface area contributed by atoms with Gasteiger partial charge in [0, 0.05) is 31.4 Å². The Morgan fingerprint density at radius 2 is 2.14 bits per heavy atom. The summed E-state index contributed by atoms with van der Waals surface area (Å²) in [7, 11) is 0. The first-order chi connectivity index (χ1) is 6.83. The minimum absolute atomic E-state index is 0.214. The number of aromatic nitrogens is 1. The van der Waals surface area contributed by atoms with E-state index in [1.54, 1.807) is 0 Å². The predicted octanol–water partition coefficient (Wildman–Crippen LogP) is 1.28. The monoisotopic (exact) mass is 195 g/mol. The van der Waals surface area contributed by atoms with E-state index < -0.39 is 0 Å². The normalized spacial score (nSPS) is 16.3. The summed E-state index contributed by atoms with van der Waals surface area (Å²) in [5.74, 6) is 0.481. The van der Waals surface area contributed by atoms with Crippen LogP contribution in [0.1, 0.15) is 18.4 Å². The number of halogens is 1. The highest BCUT2D eigenvalue weighted by atomic mass is 19.1. The minimum Gasteiger partial charge on any atom is -0.356 e. The Kier molecular flexibility index (Phi) is 2.63. The maximum absolute atomic E-state index is 13.4. The van der Waals surface area contributed by atoms with E-state index in [2.05, 4.69) is 9.88 Å². The lowest BCUT2D eigenvalue weighted by Gasteiger charge is -2.19. The predicted molar refractivity (Wildman–Crippen MR) is 53.5 cm³/mol. The maximum atomic E-state index is 13.4. The molecule has 0 aliphatic carbocycles. The standard InChI is InChI=1S/C10H14FN3/c11-9-3-4-13-10(8(9)7-12)14-5-1-2-6-14/h3-4H,1-2,5-7,12H2. The molecule has 1 aromatic rings. The summed E-state index contributed by atoms with van der Waals surface area (Å²) in [6.45, 7) is 2.14. The lowest BCUT2D eigenvalue weighted by molar-refractivity contribution is 0.606. The van der Waals surface area contributed by atoms with Gasteiger partial charge in [0.15, 0.2) is 0 Å². The van der Waals surface area contributed by atoms with Crippen LogP contribution in [0.2, 0.25) is 0 Å². The largest absolute Gasteiger partial charge is 0.356 e. The molecule has 0 saturated carbocycles. The SMILES string of the molecule is NCc1c(F)ccnc1N1CCCC1. The van der Waals surface area contributed by atoms with Crippen LogP contribution in [0.15, 0.2) is 12.3 Å². The van der Waals surface area contributed by atoms with Gasteiger partial charge in [-0.3, -0.25) is 0 Å². The molecule has 4 heteroatoms. The molecule has 0 aromatic carbocycles. The lowest BCUT2D eigenvalue weighted by Crippen LogP contribution is -2.22. The van der Waals surface area contributed by atoms with Gasteiger partial charge in [-0.25, -0.2) is 9.37 Å². The molecule has 1 aliphatic rings. The lowest BCUT2D eigenvalue weighted by atomic mass is 10.2. The highest BCUT2D eigenvalue weighted by Crippen LogP contribution is 2.23. The van der Waals surface area contributed by atoms with Crippen molar-refractivity contribution in [2.75, 3.05) is 18.0 Å². The second kappa shape index (κ2) is 3.92. The third-order valence-electron chi connectivity index (χ3n) is 2.59. The molecule has 2 N–H and O–H groups in total. The third-order valence-corrected chi connectivity index (χ3v) is 2.59. The zero-order valence-corrected chi connectivity index (χ0v) is 8.04. The fourth-order valence-corrected chi connectivity index (χ4v) is 1.85. The van der Waals surface area contributed by atoms with Gasteiger partial charge in [0.1, 0.15) is 11.6 Å². The van der Waals surface area contributed by atoms with Crippen LogP contribution in [0.3, 0.4) is 0 Å². The van der Waals surface area contributed by atoms with Crippen LogP contribution in [0.5, 0.6) is 0 Å². The van der Waals surface area contributed by atoms with Crippen molar-refractivity contribution in [3.05, 3.63) is 23.6 Å². The first-order valence-corrected chi connectivity index (χ1v) is 4.91. The minimum atomic E-state index is -0.246. The molecule has 14 heavy (non-hydrogen) atoms. The fraction of sp³-hybridized carbons (Fsp3) is 0.500. The quantitative estimate of drug-likeness (QED) is 0.773. The van der Waals surface area contributed by atoms with Gasteiger partial charge in [-0.15, -0.1) is 0 Å². The topological polar surface area (TPSA) is 42.1 Å². The smallest absolute Gasteiger partial charge is 0.135 e. The van der Waals surface area contributed by atoms with Crippen molar-refractivity contribution in [2.45, 2.75) is 19.4 Å². The van der Waals surface area contributed by atoms with Gasteiger partial charge in [0.05, 0.1) is 0 Å². The van der Waals surface area contributed by atoms with E-state index in [4.69, 9.17) is 5.73 Å². The number of rotatable bonds is 2. The molecule has 2 heterocycles. The molecule has 1 saturated heterocycles. The van der Waals surface area contributed by atoms with Gasteiger partial charge in [-0.2, -0.15) is 0 Å². The molecule has 1 aliphatic heterocycles. The molecule has 0 radical (unpaired) electrons. The highest BCUT2D eigenvalue weighted by molar-refractivity contribution is 5.48. The molecule has 0 bridgehead atoms. The molecule has 0 atom stereocenters. The Morgan fingerprint density at radius 3 is 2.79 bits per heavy atom. The van der Waals surface area contributed by atoms with Crippen LogP contribution >= 0.6 is 0 Å². The average Bonchev–Trinajstić information content (AvgIpc) is 2.70. The average molecular weight is 195 g/mol. The summed E-state index contributed by atoms with van der Waals surface area (Å²) in [5.41, 5.74) is 6.05. The van der Waals surface area contributed by atoms with E-state index in [9.17, 15) is 4.39 Å². The van der Waals surface area contributed by atoms with Crippen molar-refractivity contribution in [2.24, 2.45) is 5.73 Å². The van der Waals surface area contributed by atoms with E-state index in [-0.39, 0.29) is 12.4 Å². The van der Waals surface area contributed by atoms with Crippen LogP contribution in [0.25, 0.3) is 0 Å². The molecule has 3 nitrogen and oxygen atoms in total. The van der Waals surface area contributed by atoms with Crippen LogP contribution in [0.4, 0.5) is 10.2 Å². The number of nitrogens with zero attached hydrogens (tertiary/aromatic N) is 2. The second-order valence-corrected chi connectivity index (χ2v) is 3.49. The molecule has 2 rings (SSSR count). The number of anilines is 1. The summed E-state index contributed by atoms with van der Waals surface area (Å²) >= 11 is 0. The van der Waals surface area contributed by atoms with Gasteiger partial charge in [0.2, 0.25) is 0 Å². The van der Waals surface area contributed by atoms with E-state index in [0.29, 0.717) is 5.56 Å². The van der Waals surface area contributed by atoms with Crippen molar-refractivity contribution >= 4 is 5.82 Å². The molecule has 1 aromatic heterocycles. The first kappa shape index (κ1) is 9.40. The van der Waals surface area contributed by atoms with Gasteiger partial charge in [-0.1, -0.05) is 0 Å². The molecule has 0 amide bonds. The summed E-state index contributed by atoms with van der Waals surface area (Å²) < 4.78 is 13.4. The van der Waals surface area contributed by atoms with Gasteiger partial charge in [-0.05, 0) is 18.9 Å². The van der Waals surface area contributed by atoms with Crippen molar-refractivity contribution in [3.8, 4) is 0 Å². The Morgan fingerprint density at radius 1 is 1.43 bits per heavy atom. The highest BCUT2D eigenvalue weighted by Gasteiger charge is 2.18. The summed E-state index contributed by atoms with van der Waals surface area (Å²) in [6, 6.07) is 1.36. The Balaban J connectivity index is 2.35. The van der Waals surface area contributed by atoms with Crippen LogP contribution < -0.4 is 10.6 Å². The number of nitrogens with two attached hydrogens (primary N) is 1. The zero-order chi connectivity index (χ0) is 9.97. The molecule has 0 unspecified atom stereocenters. The molecular weight excluding hydrogens is 181 g/mol. The zero-order valence-electron chi connectivity index (χ0n) is 8.04. The summed E-state index contributed by atoms with van der Waals surface area (Å²) in [5, 5.41) is 0. The van der Waals surface area contributed by atoms with Crippen LogP contribution in [-0.2, 0) is 6.54 Å². The second-order valence-electron chi connectivity index (χ2n) is 3.49. The Hall–Kier alpha value is -1.16. The van der Waals surface area contributed by atoms with E-state index >= 15 is 0 Å². The van der Waals surface area contributed by atoms with Crippen molar-refractivity contribution in [1.82, 2.24) is 4.98 Å². The van der Waals surface area contributed by atoms with E-state index in [0.717, 1.165) is 31.7 Å². The summed E-state index contributed by atoms with van der Waals surface area (Å²) in [6.07, 6.45) is 3.81. The maximum Gasteiger partial charge on any atom is 0.135 e. The van der Waals surface area contributed by atoms with E-state index in [1.165, 1.54) is 12.3 Å². The van der Waals surface area contributed by atoms with Crippen molar-refractivity contribution in [1.29, 1.82) is 0 Å². The number of pyridine rings is 1. The van der Waals surface area contributed by atoms with Gasteiger partial charge < -0.3 is 10.6 Å². The Bertz CT molecular complexity index is 321. The van der Waals surface area contributed by atoms with Crippen LogP contribution in [0, 0.1) is 5.82 Å². The summed E-state index contributed by atoms with van der Waals surface area (Å²) in [4.78, 5) is 6.30. The molecular formula is C10H14FN3. The molecule has 0 spiro atoms. The Labute approximate surface area is 82.7 Å². The first-order valence-electron chi connectivity index (χ1n) is 4.91. The molecule has 1 fully saturated rings. The molecule has 76 valence electrons. The van der Waals surface area contributed by atoms with Gasteiger partial charge >= 0.3 is 0 Å². The number of hydrogen-bond acceptors (Lipinski definition) is 3. The van der Waals surface area contributed by atoms with E-state index in [1.807, 2.05) is 0 Å².